The highest BCUT2D eigenvalue weighted by atomic mass is 16.3. The third kappa shape index (κ3) is 1.78. The van der Waals surface area contributed by atoms with E-state index in [-0.39, 0.29) is 5.60 Å². The lowest BCUT2D eigenvalue weighted by Crippen LogP contribution is -2.57. The van der Waals surface area contributed by atoms with Crippen LogP contribution >= 0.6 is 0 Å². The van der Waals surface area contributed by atoms with Gasteiger partial charge in [0, 0.05) is 25.9 Å². The molecule has 1 aromatic rings. The molecule has 4 bridgehead atoms. The maximum absolute atomic E-state index is 11.2. The van der Waals surface area contributed by atoms with Crippen molar-refractivity contribution in [3.8, 4) is 0 Å². The Bertz CT molecular complexity index is 451. The van der Waals surface area contributed by atoms with E-state index >= 15 is 0 Å². The highest BCUT2D eigenvalue weighted by molar-refractivity contribution is 5.08. The zero-order valence-electron chi connectivity index (χ0n) is 11.8. The topological polar surface area (TPSA) is 38.0 Å². The molecule has 0 radical (unpaired) electrons. The van der Waals surface area contributed by atoms with Crippen LogP contribution < -0.4 is 0 Å². The normalized spacial score (nSPS) is 43.9. The molecule has 5 rings (SSSR count). The summed E-state index contributed by atoms with van der Waals surface area (Å²) in [6.45, 7) is 0. The number of aromatic nitrogens is 2. The summed E-state index contributed by atoms with van der Waals surface area (Å²) in [7, 11) is 2.04. The molecule has 4 aliphatic carbocycles. The van der Waals surface area contributed by atoms with Gasteiger partial charge in [0.05, 0.1) is 5.60 Å². The number of aryl methyl sites for hydroxylation is 2. The monoisotopic (exact) mass is 260 g/mol. The van der Waals surface area contributed by atoms with Crippen LogP contribution in [0.2, 0.25) is 0 Å². The summed E-state index contributed by atoms with van der Waals surface area (Å²) in [5.41, 5.74) is -0.390. The lowest BCUT2D eigenvalue weighted by molar-refractivity contribution is -0.176. The van der Waals surface area contributed by atoms with Crippen LogP contribution in [0.1, 0.15) is 44.3 Å². The van der Waals surface area contributed by atoms with Crippen molar-refractivity contribution in [2.75, 3.05) is 0 Å². The van der Waals surface area contributed by atoms with Crippen molar-refractivity contribution in [1.29, 1.82) is 0 Å². The van der Waals surface area contributed by atoms with E-state index in [2.05, 4.69) is 9.55 Å². The van der Waals surface area contributed by atoms with Crippen LogP contribution in [-0.4, -0.2) is 20.3 Å². The van der Waals surface area contributed by atoms with Gasteiger partial charge in [-0.1, -0.05) is 0 Å². The quantitative estimate of drug-likeness (QED) is 0.907. The fourth-order valence-corrected chi connectivity index (χ4v) is 5.36. The second kappa shape index (κ2) is 4.08. The number of rotatable bonds is 3. The van der Waals surface area contributed by atoms with Gasteiger partial charge in [-0.05, 0) is 62.2 Å². The summed E-state index contributed by atoms with van der Waals surface area (Å²) in [5, 5.41) is 11.2. The van der Waals surface area contributed by atoms with Gasteiger partial charge >= 0.3 is 0 Å². The summed E-state index contributed by atoms with van der Waals surface area (Å²) in [6.07, 6.45) is 12.3. The Morgan fingerprint density at radius 2 is 1.84 bits per heavy atom. The molecular weight excluding hydrogens is 236 g/mol. The van der Waals surface area contributed by atoms with E-state index in [1.54, 1.807) is 0 Å². The minimum Gasteiger partial charge on any atom is -0.389 e. The minimum atomic E-state index is -0.390. The molecule has 3 nitrogen and oxygen atoms in total. The fraction of sp³-hybridized carbons (Fsp3) is 0.812. The summed E-state index contributed by atoms with van der Waals surface area (Å²) >= 11 is 0. The number of hydrogen-bond acceptors (Lipinski definition) is 2. The number of hydrogen-bond donors (Lipinski definition) is 1. The van der Waals surface area contributed by atoms with Crippen LogP contribution in [0.15, 0.2) is 12.4 Å². The first-order chi connectivity index (χ1) is 9.15. The lowest BCUT2D eigenvalue weighted by atomic mass is 9.49. The molecule has 1 heterocycles. The second-order valence-corrected chi connectivity index (χ2v) is 7.25. The van der Waals surface area contributed by atoms with Gasteiger partial charge in [-0.2, -0.15) is 0 Å². The fourth-order valence-electron chi connectivity index (χ4n) is 5.36. The van der Waals surface area contributed by atoms with E-state index in [1.807, 2.05) is 19.4 Å². The van der Waals surface area contributed by atoms with Crippen LogP contribution in [-0.2, 0) is 13.5 Å². The van der Waals surface area contributed by atoms with Crippen LogP contribution in [0.3, 0.4) is 0 Å². The number of aliphatic hydroxyl groups is 1. The predicted molar refractivity (Wildman–Crippen MR) is 73.5 cm³/mol. The Labute approximate surface area is 115 Å². The zero-order valence-corrected chi connectivity index (χ0v) is 11.8. The summed E-state index contributed by atoms with van der Waals surface area (Å²) in [4.78, 5) is 4.40. The third-order valence-electron chi connectivity index (χ3n) is 6.22. The number of imidazole rings is 1. The largest absolute Gasteiger partial charge is 0.389 e. The molecule has 0 aromatic carbocycles. The highest BCUT2D eigenvalue weighted by Crippen LogP contribution is 2.59. The maximum Gasteiger partial charge on any atom is 0.108 e. The molecule has 1 aromatic heterocycles. The molecule has 0 spiro atoms. The lowest BCUT2D eigenvalue weighted by Gasteiger charge is -2.59. The van der Waals surface area contributed by atoms with E-state index in [1.165, 1.54) is 32.1 Å². The van der Waals surface area contributed by atoms with Gasteiger partial charge in [-0.25, -0.2) is 4.98 Å². The Morgan fingerprint density at radius 1 is 1.21 bits per heavy atom. The van der Waals surface area contributed by atoms with Crippen LogP contribution in [0.25, 0.3) is 0 Å². The van der Waals surface area contributed by atoms with E-state index in [4.69, 9.17) is 0 Å². The van der Waals surface area contributed by atoms with Gasteiger partial charge in [-0.15, -0.1) is 0 Å². The van der Waals surface area contributed by atoms with E-state index in [9.17, 15) is 5.11 Å². The third-order valence-corrected chi connectivity index (χ3v) is 6.22. The molecule has 0 unspecified atom stereocenters. The first-order valence-electron chi connectivity index (χ1n) is 7.83. The van der Waals surface area contributed by atoms with Gasteiger partial charge in [0.25, 0.3) is 0 Å². The van der Waals surface area contributed by atoms with E-state index in [0.29, 0.717) is 11.8 Å². The molecule has 0 amide bonds. The second-order valence-electron chi connectivity index (χ2n) is 7.25. The van der Waals surface area contributed by atoms with Gasteiger partial charge < -0.3 is 9.67 Å². The van der Waals surface area contributed by atoms with Crippen molar-refractivity contribution in [3.63, 3.8) is 0 Å². The van der Waals surface area contributed by atoms with Gasteiger partial charge in [-0.3, -0.25) is 0 Å². The summed E-state index contributed by atoms with van der Waals surface area (Å²) in [6, 6.07) is 0. The summed E-state index contributed by atoms with van der Waals surface area (Å²) in [5.74, 6) is 4.11. The van der Waals surface area contributed by atoms with Gasteiger partial charge in [0.2, 0.25) is 0 Å². The van der Waals surface area contributed by atoms with Crippen molar-refractivity contribution < 1.29 is 5.11 Å². The van der Waals surface area contributed by atoms with Crippen molar-refractivity contribution >= 4 is 0 Å². The van der Waals surface area contributed by atoms with Gasteiger partial charge in [0.1, 0.15) is 5.82 Å². The van der Waals surface area contributed by atoms with Crippen molar-refractivity contribution in [3.05, 3.63) is 18.2 Å². The Kier molecular flexibility index (Phi) is 2.57. The molecule has 0 saturated heterocycles. The van der Waals surface area contributed by atoms with Gasteiger partial charge in [0.15, 0.2) is 0 Å². The van der Waals surface area contributed by atoms with Crippen LogP contribution in [0, 0.1) is 23.7 Å². The zero-order chi connectivity index (χ0) is 13.0. The Balaban J connectivity index is 1.52. The molecule has 104 valence electrons. The van der Waals surface area contributed by atoms with Crippen LogP contribution in [0.4, 0.5) is 0 Å². The molecule has 4 saturated carbocycles. The Hall–Kier alpha value is -0.830. The standard InChI is InChI=1S/C16H24N2O/c1-18-5-4-17-15(18)2-3-16(19)13-7-11-6-12(9-13)10-14(16)8-11/h4-5,11-14,19H,2-3,6-10H2,1H3. The molecule has 19 heavy (non-hydrogen) atoms. The molecule has 0 aliphatic heterocycles. The first kappa shape index (κ1) is 12.0. The Morgan fingerprint density at radius 3 is 2.37 bits per heavy atom. The average molecular weight is 260 g/mol. The summed E-state index contributed by atoms with van der Waals surface area (Å²) < 4.78 is 2.08. The van der Waals surface area contributed by atoms with Crippen LogP contribution in [0.5, 0.6) is 0 Å². The molecule has 4 fully saturated rings. The molecule has 3 heteroatoms. The molecule has 0 atom stereocenters. The maximum atomic E-state index is 11.2. The molecule has 4 aliphatic rings. The number of nitrogens with zero attached hydrogens (tertiary/aromatic N) is 2. The van der Waals surface area contributed by atoms with E-state index < -0.39 is 0 Å². The van der Waals surface area contributed by atoms with Crippen molar-refractivity contribution in [2.45, 2.75) is 50.5 Å². The van der Waals surface area contributed by atoms with Crippen molar-refractivity contribution in [2.24, 2.45) is 30.7 Å². The predicted octanol–water partition coefficient (Wildman–Crippen LogP) is 2.54. The molecular formula is C16H24N2O. The first-order valence-corrected chi connectivity index (χ1v) is 7.83. The average Bonchev–Trinajstić information content (AvgIpc) is 2.78. The SMILES string of the molecule is Cn1ccnc1CCC1(O)C2CC3CC(C2)CC1C3. The van der Waals surface area contributed by atoms with E-state index in [0.717, 1.165) is 30.5 Å². The smallest absolute Gasteiger partial charge is 0.108 e. The molecule has 1 N–H and O–H groups in total. The highest BCUT2D eigenvalue weighted by Gasteiger charge is 2.55. The van der Waals surface area contributed by atoms with Crippen molar-refractivity contribution in [1.82, 2.24) is 9.55 Å². The minimum absolute atomic E-state index is 0.390.